The van der Waals surface area contributed by atoms with Gasteiger partial charge in [0.05, 0.1) is 0 Å². The normalized spacial score (nSPS) is 11.4. The number of rotatable bonds is 17. The average molecular weight is 489 g/mol. The van der Waals surface area contributed by atoms with E-state index in [1.54, 1.807) is 0 Å². The molecule has 4 nitrogen and oxygen atoms in total. The minimum Gasteiger partial charge on any atom is -0.329 e. The van der Waals surface area contributed by atoms with E-state index in [0.717, 1.165) is 45.6 Å². The van der Waals surface area contributed by atoms with Crippen molar-refractivity contribution in [3.63, 3.8) is 0 Å². The summed E-state index contributed by atoms with van der Waals surface area (Å²) in [6, 6.07) is 18.9. The van der Waals surface area contributed by atoms with Gasteiger partial charge < -0.3 is 21.7 Å². The second-order valence-corrected chi connectivity index (χ2v) is 9.81. The second kappa shape index (κ2) is 17.9. The van der Waals surface area contributed by atoms with Crippen molar-refractivity contribution in [3.8, 4) is 0 Å². The summed E-state index contributed by atoms with van der Waals surface area (Å²) in [5.41, 5.74) is 11.2. The van der Waals surface area contributed by atoms with Gasteiger partial charge in [0.25, 0.3) is 0 Å². The van der Waals surface area contributed by atoms with Gasteiger partial charge in [0, 0.05) is 45.3 Å². The summed E-state index contributed by atoms with van der Waals surface area (Å²) >= 11 is 0. The van der Waals surface area contributed by atoms with Gasteiger partial charge in [0.15, 0.2) is 0 Å². The van der Waals surface area contributed by atoms with Crippen LogP contribution in [0.5, 0.6) is 0 Å². The first-order valence-electron chi connectivity index (χ1n) is 13.0. The zero-order chi connectivity index (χ0) is 23.9. The van der Waals surface area contributed by atoms with Crippen molar-refractivity contribution in [2.24, 2.45) is 5.73 Å². The van der Waals surface area contributed by atoms with E-state index < -0.39 is 0 Å². The first-order chi connectivity index (χ1) is 16.0. The maximum atomic E-state index is 5.51. The first-order valence-corrected chi connectivity index (χ1v) is 13.0. The number of benzene rings is 2. The minimum absolute atomic E-state index is 0. The molecular weight excluding hydrogens is 440 g/mol. The Bertz CT molecular complexity index is 688. The van der Waals surface area contributed by atoms with Crippen LogP contribution in [0.15, 0.2) is 48.5 Å². The van der Waals surface area contributed by atoms with Crippen LogP contribution in [0.1, 0.15) is 74.6 Å². The Kier molecular flexibility index (Phi) is 16.1. The zero-order valence-electron chi connectivity index (χ0n) is 21.9. The van der Waals surface area contributed by atoms with Crippen LogP contribution in [-0.2, 0) is 12.8 Å². The molecule has 0 heterocycles. The third-order valence-electron chi connectivity index (χ3n) is 6.39. The smallest absolute Gasteiger partial charge is 0.00793 e. The maximum Gasteiger partial charge on any atom is 0.00793 e. The fourth-order valence-corrected chi connectivity index (χ4v) is 4.06. The molecule has 2 rings (SSSR count). The van der Waals surface area contributed by atoms with Crippen LogP contribution < -0.4 is 21.7 Å². The van der Waals surface area contributed by atoms with Gasteiger partial charge in [0.1, 0.15) is 0 Å². The highest BCUT2D eigenvalue weighted by atomic mass is 35.5. The Labute approximate surface area is 215 Å². The van der Waals surface area contributed by atoms with E-state index in [2.05, 4.69) is 92.2 Å². The molecule has 0 radical (unpaired) electrons. The molecule has 0 aliphatic rings. The number of aryl methyl sites for hydroxylation is 2. The predicted octanol–water partition coefficient (Wildman–Crippen LogP) is 5.02. The molecule has 192 valence electrons. The summed E-state index contributed by atoms with van der Waals surface area (Å²) < 4.78 is 0. The molecule has 0 aromatic heterocycles. The lowest BCUT2D eigenvalue weighted by Crippen LogP contribution is -2.38. The molecule has 2 aromatic carbocycles. The maximum absolute atomic E-state index is 5.51. The fourth-order valence-electron chi connectivity index (χ4n) is 4.06. The molecule has 5 heteroatoms. The monoisotopic (exact) mass is 488 g/mol. The highest BCUT2D eigenvalue weighted by molar-refractivity contribution is 5.85. The largest absolute Gasteiger partial charge is 0.329 e. The minimum atomic E-state index is 0. The van der Waals surface area contributed by atoms with E-state index in [1.165, 1.54) is 35.1 Å². The molecule has 0 bridgehead atoms. The van der Waals surface area contributed by atoms with Gasteiger partial charge in [0.2, 0.25) is 0 Å². The molecule has 0 aliphatic heterocycles. The lowest BCUT2D eigenvalue weighted by molar-refractivity contribution is 0.446. The summed E-state index contributed by atoms with van der Waals surface area (Å²) in [5, 5.41) is 10.7. The van der Waals surface area contributed by atoms with Gasteiger partial charge in [-0.05, 0) is 59.8 Å². The Hall–Kier alpha value is -1.43. The van der Waals surface area contributed by atoms with Crippen LogP contribution in [0.3, 0.4) is 0 Å². The van der Waals surface area contributed by atoms with Crippen LogP contribution in [-0.4, -0.2) is 45.3 Å². The molecule has 34 heavy (non-hydrogen) atoms. The van der Waals surface area contributed by atoms with Gasteiger partial charge in [-0.1, -0.05) is 76.2 Å². The SMILES string of the molecule is CC(C)c1ccc(CCC(CCc2ccc(C(C)C)cc2)NCCNCCNCCN)cc1.Cl. The number of halogens is 1. The van der Waals surface area contributed by atoms with Crippen LogP contribution in [0.25, 0.3) is 0 Å². The second-order valence-electron chi connectivity index (χ2n) is 9.81. The molecule has 5 N–H and O–H groups in total. The fraction of sp³-hybridized carbons (Fsp3) is 0.586. The van der Waals surface area contributed by atoms with E-state index in [-0.39, 0.29) is 12.4 Å². The zero-order valence-corrected chi connectivity index (χ0v) is 22.7. The van der Waals surface area contributed by atoms with Gasteiger partial charge >= 0.3 is 0 Å². The third-order valence-corrected chi connectivity index (χ3v) is 6.39. The highest BCUT2D eigenvalue weighted by Crippen LogP contribution is 2.18. The van der Waals surface area contributed by atoms with Crippen molar-refractivity contribution in [2.45, 2.75) is 71.3 Å². The molecule has 0 aliphatic carbocycles. The lowest BCUT2D eigenvalue weighted by Gasteiger charge is -2.20. The first kappa shape index (κ1) is 30.6. The Morgan fingerprint density at radius 3 is 1.44 bits per heavy atom. The lowest BCUT2D eigenvalue weighted by atomic mass is 9.96. The molecule has 2 aromatic rings. The predicted molar refractivity (Wildman–Crippen MR) is 152 cm³/mol. The number of nitrogens with two attached hydrogens (primary N) is 1. The van der Waals surface area contributed by atoms with E-state index in [0.29, 0.717) is 24.4 Å². The summed E-state index contributed by atoms with van der Waals surface area (Å²) in [7, 11) is 0. The summed E-state index contributed by atoms with van der Waals surface area (Å²) in [4.78, 5) is 0. The molecule has 0 atom stereocenters. The van der Waals surface area contributed by atoms with E-state index in [4.69, 9.17) is 5.73 Å². The van der Waals surface area contributed by atoms with Crippen molar-refractivity contribution in [2.75, 3.05) is 39.3 Å². The number of hydrogen-bond donors (Lipinski definition) is 4. The highest BCUT2D eigenvalue weighted by Gasteiger charge is 2.10. The molecule has 0 saturated carbocycles. The summed E-state index contributed by atoms with van der Waals surface area (Å²) in [6.45, 7) is 14.6. The number of nitrogens with one attached hydrogen (secondary N) is 3. The van der Waals surface area contributed by atoms with Crippen molar-refractivity contribution < 1.29 is 0 Å². The molecule has 0 fully saturated rings. The van der Waals surface area contributed by atoms with Crippen molar-refractivity contribution in [3.05, 3.63) is 70.8 Å². The standard InChI is InChI=1S/C29H48N4.ClH/c1-23(2)27-11-5-25(6-12-27)9-15-29(33-22-21-32-20-19-31-18-17-30)16-10-26-7-13-28(14-8-26)24(3)4;/h5-8,11-14,23-24,29,31-33H,9-10,15-22,30H2,1-4H3;1H. The summed E-state index contributed by atoms with van der Waals surface area (Å²) in [6.07, 6.45) is 4.59. The van der Waals surface area contributed by atoms with Crippen LogP contribution in [0, 0.1) is 0 Å². The van der Waals surface area contributed by atoms with Crippen molar-refractivity contribution in [1.29, 1.82) is 0 Å². The Morgan fingerprint density at radius 1 is 0.618 bits per heavy atom. The van der Waals surface area contributed by atoms with Crippen molar-refractivity contribution >= 4 is 12.4 Å². The van der Waals surface area contributed by atoms with Gasteiger partial charge in [-0.2, -0.15) is 0 Å². The quantitative estimate of drug-likeness (QED) is 0.236. The van der Waals surface area contributed by atoms with E-state index >= 15 is 0 Å². The van der Waals surface area contributed by atoms with Gasteiger partial charge in [-0.3, -0.25) is 0 Å². The molecule has 0 saturated heterocycles. The summed E-state index contributed by atoms with van der Waals surface area (Å²) in [5.74, 6) is 1.18. The van der Waals surface area contributed by atoms with Crippen LogP contribution in [0.4, 0.5) is 0 Å². The third kappa shape index (κ3) is 12.3. The van der Waals surface area contributed by atoms with Gasteiger partial charge in [-0.25, -0.2) is 0 Å². The van der Waals surface area contributed by atoms with Gasteiger partial charge in [-0.15, -0.1) is 12.4 Å². The molecular formula is C29H49ClN4. The molecule has 0 amide bonds. The molecule has 0 spiro atoms. The Morgan fingerprint density at radius 2 is 1.03 bits per heavy atom. The Balaban J connectivity index is 0.00000578. The van der Waals surface area contributed by atoms with E-state index in [9.17, 15) is 0 Å². The topological polar surface area (TPSA) is 62.1 Å². The molecule has 0 unspecified atom stereocenters. The van der Waals surface area contributed by atoms with Crippen LogP contribution in [0.2, 0.25) is 0 Å². The number of hydrogen-bond acceptors (Lipinski definition) is 4. The van der Waals surface area contributed by atoms with Crippen molar-refractivity contribution in [1.82, 2.24) is 16.0 Å². The van der Waals surface area contributed by atoms with E-state index in [1.807, 2.05) is 0 Å². The average Bonchev–Trinajstić information content (AvgIpc) is 2.82. The van der Waals surface area contributed by atoms with Crippen LogP contribution >= 0.6 is 12.4 Å².